The van der Waals surface area contributed by atoms with E-state index in [1.165, 1.54) is 11.3 Å². The Morgan fingerprint density at radius 1 is 1.25 bits per heavy atom. The van der Waals surface area contributed by atoms with Crippen molar-refractivity contribution in [2.24, 2.45) is 0 Å². The molecule has 0 N–H and O–H groups in total. The van der Waals surface area contributed by atoms with E-state index in [2.05, 4.69) is 10.1 Å². The fourth-order valence-electron chi connectivity index (χ4n) is 3.68. The largest absolute Gasteiger partial charge is 0.333 e. The van der Waals surface area contributed by atoms with Crippen LogP contribution in [0.2, 0.25) is 0 Å². The minimum atomic E-state index is -3.53. The fourth-order valence-corrected chi connectivity index (χ4v) is 6.93. The van der Waals surface area contributed by atoms with Gasteiger partial charge in [0.25, 0.3) is 5.89 Å². The molecule has 0 saturated carbocycles. The third-order valence-corrected chi connectivity index (χ3v) is 8.42. The average molecular weight is 418 g/mol. The van der Waals surface area contributed by atoms with Crippen LogP contribution in [0, 0.1) is 6.92 Å². The lowest BCUT2D eigenvalue weighted by Crippen LogP contribution is -2.43. The predicted molar refractivity (Wildman–Crippen MR) is 110 cm³/mol. The number of aryl methyl sites for hydroxylation is 1. The highest BCUT2D eigenvalue weighted by Crippen LogP contribution is 2.36. The highest BCUT2D eigenvalue weighted by atomic mass is 32.2. The van der Waals surface area contributed by atoms with E-state index in [1.807, 2.05) is 44.2 Å². The Labute approximate surface area is 169 Å². The van der Waals surface area contributed by atoms with E-state index in [0.717, 1.165) is 36.1 Å². The highest BCUT2D eigenvalue weighted by Gasteiger charge is 2.34. The summed E-state index contributed by atoms with van der Waals surface area (Å²) in [5.41, 5.74) is 0.859. The van der Waals surface area contributed by atoms with Gasteiger partial charge in [0, 0.05) is 23.0 Å². The number of hydrogen-bond donors (Lipinski definition) is 0. The molecule has 1 aliphatic heterocycles. The molecular weight excluding hydrogens is 394 g/mol. The van der Waals surface area contributed by atoms with Crippen molar-refractivity contribution in [1.29, 1.82) is 0 Å². The van der Waals surface area contributed by atoms with Gasteiger partial charge in [0.1, 0.15) is 0 Å². The van der Waals surface area contributed by atoms with E-state index >= 15 is 0 Å². The Morgan fingerprint density at radius 3 is 2.79 bits per heavy atom. The first kappa shape index (κ1) is 19.3. The fraction of sp³-hybridized carbons (Fsp3) is 0.400. The first-order chi connectivity index (χ1) is 13.5. The van der Waals surface area contributed by atoms with Gasteiger partial charge in [-0.25, -0.2) is 8.42 Å². The van der Waals surface area contributed by atoms with E-state index in [9.17, 15) is 8.42 Å². The quantitative estimate of drug-likeness (QED) is 0.600. The highest BCUT2D eigenvalue weighted by molar-refractivity contribution is 7.89. The molecule has 0 bridgehead atoms. The minimum Gasteiger partial charge on any atom is -0.333 e. The summed E-state index contributed by atoms with van der Waals surface area (Å²) in [6.07, 6.45) is 3.76. The normalized spacial score (nSPS) is 18.4. The lowest BCUT2D eigenvalue weighted by atomic mass is 10.0. The number of benzene rings is 1. The molecule has 0 spiro atoms. The van der Waals surface area contributed by atoms with Crippen LogP contribution in [-0.4, -0.2) is 35.5 Å². The Bertz CT molecular complexity index is 1060. The van der Waals surface area contributed by atoms with Crippen LogP contribution < -0.4 is 0 Å². The summed E-state index contributed by atoms with van der Waals surface area (Å²) in [4.78, 5) is 6.23. The number of thiophene rings is 1. The van der Waals surface area contributed by atoms with Gasteiger partial charge in [-0.1, -0.05) is 48.8 Å². The molecule has 0 aliphatic carbocycles. The van der Waals surface area contributed by atoms with Gasteiger partial charge < -0.3 is 4.52 Å². The van der Waals surface area contributed by atoms with E-state index < -0.39 is 10.0 Å². The zero-order valence-electron chi connectivity index (χ0n) is 16.0. The molecule has 28 heavy (non-hydrogen) atoms. The molecule has 1 atom stereocenters. The predicted octanol–water partition coefficient (Wildman–Crippen LogP) is 4.73. The summed E-state index contributed by atoms with van der Waals surface area (Å²) >= 11 is 1.37. The molecule has 1 fully saturated rings. The van der Waals surface area contributed by atoms with E-state index in [1.54, 1.807) is 10.4 Å². The van der Waals surface area contributed by atoms with Crippen LogP contribution in [0.25, 0.3) is 22.2 Å². The number of nitrogens with zero attached hydrogens (tertiary/aromatic N) is 3. The third kappa shape index (κ3) is 3.52. The van der Waals surface area contributed by atoms with E-state index in [0.29, 0.717) is 28.0 Å². The summed E-state index contributed by atoms with van der Waals surface area (Å²) in [6, 6.07) is 11.3. The zero-order chi connectivity index (χ0) is 19.7. The van der Waals surface area contributed by atoms with Gasteiger partial charge in [-0.05, 0) is 32.3 Å². The SMILES string of the molecule is CCC1CCCCN1S(=O)(=O)c1cc(-c2nc(-c3ccccc3)no2)sc1C. The van der Waals surface area contributed by atoms with Gasteiger partial charge >= 0.3 is 0 Å². The van der Waals surface area contributed by atoms with Crippen LogP contribution in [-0.2, 0) is 10.0 Å². The molecule has 1 aromatic carbocycles. The first-order valence-electron chi connectivity index (χ1n) is 9.52. The maximum absolute atomic E-state index is 13.3. The number of sulfonamides is 1. The minimum absolute atomic E-state index is 0.0783. The first-order valence-corrected chi connectivity index (χ1v) is 11.8. The van der Waals surface area contributed by atoms with Crippen LogP contribution in [0.4, 0.5) is 0 Å². The molecule has 3 aromatic rings. The van der Waals surface area contributed by atoms with Crippen LogP contribution in [0.15, 0.2) is 45.8 Å². The zero-order valence-corrected chi connectivity index (χ0v) is 17.6. The van der Waals surface area contributed by atoms with Crippen molar-refractivity contribution in [2.75, 3.05) is 6.54 Å². The second-order valence-electron chi connectivity index (χ2n) is 6.99. The van der Waals surface area contributed by atoms with Crippen LogP contribution >= 0.6 is 11.3 Å². The average Bonchev–Trinajstić information content (AvgIpc) is 3.36. The molecule has 1 aliphatic rings. The molecule has 3 heterocycles. The maximum atomic E-state index is 13.3. The third-order valence-electron chi connectivity index (χ3n) is 5.17. The van der Waals surface area contributed by atoms with Crippen LogP contribution in [0.1, 0.15) is 37.5 Å². The number of aromatic nitrogens is 2. The molecular formula is C20H23N3O3S2. The molecule has 6 nitrogen and oxygen atoms in total. The summed E-state index contributed by atoms with van der Waals surface area (Å²) in [5, 5.41) is 4.04. The number of rotatable bonds is 5. The number of piperidine rings is 1. The van der Waals surface area contributed by atoms with Crippen molar-refractivity contribution >= 4 is 21.4 Å². The Balaban J connectivity index is 1.66. The summed E-state index contributed by atoms with van der Waals surface area (Å²) in [5.74, 6) is 0.840. The molecule has 1 unspecified atom stereocenters. The van der Waals surface area contributed by atoms with Crippen molar-refractivity contribution in [1.82, 2.24) is 14.4 Å². The van der Waals surface area contributed by atoms with Crippen molar-refractivity contribution < 1.29 is 12.9 Å². The van der Waals surface area contributed by atoms with Gasteiger partial charge in [0.2, 0.25) is 15.8 Å². The molecule has 0 radical (unpaired) electrons. The summed E-state index contributed by atoms with van der Waals surface area (Å²) < 4.78 is 33.7. The molecule has 1 saturated heterocycles. The second-order valence-corrected chi connectivity index (χ2v) is 10.1. The molecule has 4 rings (SSSR count). The van der Waals surface area contributed by atoms with Gasteiger partial charge in [-0.15, -0.1) is 11.3 Å². The van der Waals surface area contributed by atoms with Crippen LogP contribution in [0.5, 0.6) is 0 Å². The van der Waals surface area contributed by atoms with Crippen molar-refractivity contribution in [3.8, 4) is 22.2 Å². The molecule has 148 valence electrons. The second kappa shape index (κ2) is 7.77. The molecule has 0 amide bonds. The Kier molecular flexibility index (Phi) is 5.35. The molecule has 2 aromatic heterocycles. The lowest BCUT2D eigenvalue weighted by Gasteiger charge is -2.34. The smallest absolute Gasteiger partial charge is 0.268 e. The van der Waals surface area contributed by atoms with Crippen molar-refractivity contribution in [3.63, 3.8) is 0 Å². The summed E-state index contributed by atoms with van der Waals surface area (Å²) in [6.45, 7) is 4.47. The van der Waals surface area contributed by atoms with Gasteiger partial charge in [0.15, 0.2) is 0 Å². The monoisotopic (exact) mass is 417 g/mol. The van der Waals surface area contributed by atoms with Crippen molar-refractivity contribution in [3.05, 3.63) is 41.3 Å². The van der Waals surface area contributed by atoms with E-state index in [4.69, 9.17) is 4.52 Å². The van der Waals surface area contributed by atoms with Crippen LogP contribution in [0.3, 0.4) is 0 Å². The number of hydrogen-bond acceptors (Lipinski definition) is 6. The standard InChI is InChI=1S/C20H23N3O3S2/c1-3-16-11-7-8-12-23(16)28(24,25)18-13-17(27-14(18)2)20-21-19(22-26-20)15-9-5-4-6-10-15/h4-6,9-10,13,16H,3,7-8,11-12H2,1-2H3. The van der Waals surface area contributed by atoms with Gasteiger partial charge in [-0.2, -0.15) is 9.29 Å². The Hall–Kier alpha value is -2.03. The maximum Gasteiger partial charge on any atom is 0.268 e. The lowest BCUT2D eigenvalue weighted by molar-refractivity contribution is 0.246. The van der Waals surface area contributed by atoms with Crippen molar-refractivity contribution in [2.45, 2.75) is 50.5 Å². The van der Waals surface area contributed by atoms with Gasteiger partial charge in [-0.3, -0.25) is 0 Å². The van der Waals surface area contributed by atoms with E-state index in [-0.39, 0.29) is 6.04 Å². The van der Waals surface area contributed by atoms with Gasteiger partial charge in [0.05, 0.1) is 9.77 Å². The topological polar surface area (TPSA) is 76.3 Å². The molecule has 8 heteroatoms. The Morgan fingerprint density at radius 2 is 2.04 bits per heavy atom. The summed E-state index contributed by atoms with van der Waals surface area (Å²) in [7, 11) is -3.53.